The van der Waals surface area contributed by atoms with Crippen LogP contribution in [0.3, 0.4) is 0 Å². The van der Waals surface area contributed by atoms with Crippen LogP contribution in [0.15, 0.2) is 18.3 Å². The first-order chi connectivity index (χ1) is 7.57. The third-order valence-corrected chi connectivity index (χ3v) is 2.90. The highest BCUT2D eigenvalue weighted by Gasteiger charge is 2.13. The zero-order valence-corrected chi connectivity index (χ0v) is 10.7. The van der Waals surface area contributed by atoms with Crippen LogP contribution in [0, 0.1) is 5.41 Å². The molecule has 0 saturated heterocycles. The molecule has 0 aliphatic rings. The molecule has 1 N–H and O–H groups in total. The first-order valence-corrected chi connectivity index (χ1v) is 5.77. The van der Waals surface area contributed by atoms with Gasteiger partial charge in [-0.05, 0) is 17.4 Å². The van der Waals surface area contributed by atoms with Gasteiger partial charge in [-0.3, -0.25) is 0 Å². The van der Waals surface area contributed by atoms with Crippen molar-refractivity contribution >= 4 is 0 Å². The van der Waals surface area contributed by atoms with E-state index in [1.165, 1.54) is 12.0 Å². The molecule has 0 unspecified atom stereocenters. The fraction of sp³-hybridized carbons (Fsp3) is 0.615. The summed E-state index contributed by atoms with van der Waals surface area (Å²) in [5.74, 6) is 0.664. The van der Waals surface area contributed by atoms with Crippen LogP contribution in [0.25, 0.3) is 0 Å². The van der Waals surface area contributed by atoms with Crippen molar-refractivity contribution in [2.45, 2.75) is 33.7 Å². The molecule has 3 nitrogen and oxygen atoms in total. The van der Waals surface area contributed by atoms with Crippen LogP contribution in [0.4, 0.5) is 0 Å². The molecule has 0 amide bonds. The molecule has 0 fully saturated rings. The van der Waals surface area contributed by atoms with Crippen molar-refractivity contribution in [2.75, 3.05) is 13.7 Å². The van der Waals surface area contributed by atoms with Gasteiger partial charge in [0, 0.05) is 25.4 Å². The summed E-state index contributed by atoms with van der Waals surface area (Å²) in [6.07, 6.45) is 3.03. The summed E-state index contributed by atoms with van der Waals surface area (Å²) in [4.78, 5) is 4.17. The van der Waals surface area contributed by atoms with Gasteiger partial charge in [-0.2, -0.15) is 0 Å². The molecule has 0 radical (unpaired) electrons. The van der Waals surface area contributed by atoms with E-state index < -0.39 is 0 Å². The number of hydrogen-bond donors (Lipinski definition) is 1. The van der Waals surface area contributed by atoms with E-state index in [2.05, 4.69) is 31.1 Å². The van der Waals surface area contributed by atoms with Crippen LogP contribution in [0.2, 0.25) is 0 Å². The molecule has 1 rings (SSSR count). The zero-order chi connectivity index (χ0) is 12.0. The van der Waals surface area contributed by atoms with Crippen molar-refractivity contribution in [3.63, 3.8) is 0 Å². The normalized spacial score (nSPS) is 11.5. The van der Waals surface area contributed by atoms with E-state index in [0.29, 0.717) is 11.3 Å². The number of ether oxygens (including phenoxy) is 1. The van der Waals surface area contributed by atoms with E-state index in [1.807, 2.05) is 18.3 Å². The summed E-state index contributed by atoms with van der Waals surface area (Å²) in [7, 11) is 1.63. The lowest BCUT2D eigenvalue weighted by Gasteiger charge is -2.22. The van der Waals surface area contributed by atoms with Gasteiger partial charge in [0.1, 0.15) is 0 Å². The highest BCUT2D eigenvalue weighted by Crippen LogP contribution is 2.17. The second-order valence-corrected chi connectivity index (χ2v) is 4.83. The second kappa shape index (κ2) is 5.85. The van der Waals surface area contributed by atoms with Crippen molar-refractivity contribution < 1.29 is 4.74 Å². The van der Waals surface area contributed by atoms with Crippen molar-refractivity contribution in [3.8, 4) is 5.88 Å². The molecule has 1 heterocycles. The molecule has 0 bridgehead atoms. The zero-order valence-electron chi connectivity index (χ0n) is 10.7. The Morgan fingerprint density at radius 3 is 2.62 bits per heavy atom. The Kier molecular flexibility index (Phi) is 4.74. The van der Waals surface area contributed by atoms with Gasteiger partial charge >= 0.3 is 0 Å². The summed E-state index contributed by atoms with van der Waals surface area (Å²) in [6, 6.07) is 3.93. The molecule has 0 spiro atoms. The van der Waals surface area contributed by atoms with E-state index in [1.54, 1.807) is 7.11 Å². The predicted molar refractivity (Wildman–Crippen MR) is 66.6 cm³/mol. The summed E-state index contributed by atoms with van der Waals surface area (Å²) < 4.78 is 5.01. The first-order valence-electron chi connectivity index (χ1n) is 5.77. The minimum atomic E-state index is 0.361. The van der Waals surface area contributed by atoms with Gasteiger partial charge < -0.3 is 10.1 Å². The third kappa shape index (κ3) is 4.19. The van der Waals surface area contributed by atoms with Crippen LogP contribution in [0.1, 0.15) is 32.8 Å². The highest BCUT2D eigenvalue weighted by atomic mass is 16.5. The van der Waals surface area contributed by atoms with Crippen molar-refractivity contribution in [3.05, 3.63) is 23.9 Å². The number of hydrogen-bond acceptors (Lipinski definition) is 3. The van der Waals surface area contributed by atoms with Gasteiger partial charge in [-0.15, -0.1) is 0 Å². The van der Waals surface area contributed by atoms with E-state index in [0.717, 1.165) is 13.1 Å². The smallest absolute Gasteiger partial charge is 0.212 e. The maximum Gasteiger partial charge on any atom is 0.212 e. The largest absolute Gasteiger partial charge is 0.481 e. The average molecular weight is 222 g/mol. The number of pyridine rings is 1. The molecule has 1 aromatic rings. The molecule has 0 aliphatic carbocycles. The Labute approximate surface area is 98.2 Å². The maximum atomic E-state index is 5.01. The predicted octanol–water partition coefficient (Wildman–Crippen LogP) is 2.62. The van der Waals surface area contributed by atoms with Crippen molar-refractivity contribution in [1.82, 2.24) is 10.3 Å². The molecule has 1 aromatic heterocycles. The average Bonchev–Trinajstić information content (AvgIpc) is 2.30. The Balaban J connectivity index is 2.37. The lowest BCUT2D eigenvalue weighted by Crippen LogP contribution is -2.28. The van der Waals surface area contributed by atoms with Crippen LogP contribution < -0.4 is 10.1 Å². The van der Waals surface area contributed by atoms with Crippen molar-refractivity contribution in [2.24, 2.45) is 5.41 Å². The van der Waals surface area contributed by atoms with E-state index in [-0.39, 0.29) is 0 Å². The number of methoxy groups -OCH3 is 1. The molecule has 0 aliphatic heterocycles. The Hall–Kier alpha value is -1.09. The highest BCUT2D eigenvalue weighted by molar-refractivity contribution is 5.17. The van der Waals surface area contributed by atoms with Gasteiger partial charge in [-0.1, -0.05) is 26.8 Å². The molecule has 90 valence electrons. The van der Waals surface area contributed by atoms with Gasteiger partial charge in [0.15, 0.2) is 0 Å². The van der Waals surface area contributed by atoms with Crippen LogP contribution in [-0.2, 0) is 6.54 Å². The molecule has 0 atom stereocenters. The third-order valence-electron chi connectivity index (χ3n) is 2.90. The standard InChI is InChI=1S/C13H22N2O/c1-5-13(2,3)10-14-8-11-6-7-12(16-4)15-9-11/h6-7,9,14H,5,8,10H2,1-4H3. The Morgan fingerprint density at radius 2 is 2.12 bits per heavy atom. The van der Waals surface area contributed by atoms with Crippen LogP contribution in [0.5, 0.6) is 5.88 Å². The lowest BCUT2D eigenvalue weighted by atomic mass is 9.90. The fourth-order valence-electron chi connectivity index (χ4n) is 1.31. The van der Waals surface area contributed by atoms with Gasteiger partial charge in [0.2, 0.25) is 5.88 Å². The Morgan fingerprint density at radius 1 is 1.38 bits per heavy atom. The minimum Gasteiger partial charge on any atom is -0.481 e. The molecule has 3 heteroatoms. The number of aromatic nitrogens is 1. The molecular formula is C13H22N2O. The van der Waals surface area contributed by atoms with Gasteiger partial charge in [-0.25, -0.2) is 4.98 Å². The summed E-state index contributed by atoms with van der Waals surface area (Å²) in [6.45, 7) is 8.64. The monoisotopic (exact) mass is 222 g/mol. The molecule has 16 heavy (non-hydrogen) atoms. The lowest BCUT2D eigenvalue weighted by molar-refractivity contribution is 0.327. The molecule has 0 aromatic carbocycles. The second-order valence-electron chi connectivity index (χ2n) is 4.83. The SMILES string of the molecule is CCC(C)(C)CNCc1ccc(OC)nc1. The van der Waals surface area contributed by atoms with Crippen LogP contribution >= 0.6 is 0 Å². The fourth-order valence-corrected chi connectivity index (χ4v) is 1.31. The Bertz CT molecular complexity index is 306. The number of nitrogens with zero attached hydrogens (tertiary/aromatic N) is 1. The van der Waals surface area contributed by atoms with E-state index >= 15 is 0 Å². The quantitative estimate of drug-likeness (QED) is 0.803. The van der Waals surface area contributed by atoms with Gasteiger partial charge in [0.25, 0.3) is 0 Å². The summed E-state index contributed by atoms with van der Waals surface area (Å²) in [5, 5.41) is 3.45. The van der Waals surface area contributed by atoms with E-state index in [4.69, 9.17) is 4.74 Å². The number of rotatable bonds is 6. The summed E-state index contributed by atoms with van der Waals surface area (Å²) >= 11 is 0. The molecular weight excluding hydrogens is 200 g/mol. The number of nitrogens with one attached hydrogen (secondary N) is 1. The topological polar surface area (TPSA) is 34.1 Å². The van der Waals surface area contributed by atoms with Gasteiger partial charge in [0.05, 0.1) is 7.11 Å². The minimum absolute atomic E-state index is 0.361. The van der Waals surface area contributed by atoms with E-state index in [9.17, 15) is 0 Å². The first kappa shape index (κ1) is 13.0. The molecule has 0 saturated carbocycles. The van der Waals surface area contributed by atoms with Crippen molar-refractivity contribution in [1.29, 1.82) is 0 Å². The summed E-state index contributed by atoms with van der Waals surface area (Å²) in [5.41, 5.74) is 1.55. The maximum absolute atomic E-state index is 5.01. The van der Waals surface area contributed by atoms with Crippen LogP contribution in [-0.4, -0.2) is 18.6 Å².